The van der Waals surface area contributed by atoms with Gasteiger partial charge < -0.3 is 10.6 Å². The summed E-state index contributed by atoms with van der Waals surface area (Å²) in [5.41, 5.74) is 6.34. The molecule has 1 saturated heterocycles. The summed E-state index contributed by atoms with van der Waals surface area (Å²) in [4.78, 5) is 47.3. The largest absolute Gasteiger partial charge is 0.369 e. The monoisotopic (exact) mass is 289 g/mol. The second-order valence-corrected chi connectivity index (χ2v) is 4.75. The summed E-state index contributed by atoms with van der Waals surface area (Å²) in [6.07, 6.45) is -1.00. The first kappa shape index (κ1) is 16.0. The van der Waals surface area contributed by atoms with Crippen LogP contribution in [0.4, 0.5) is 0 Å². The van der Waals surface area contributed by atoms with Gasteiger partial charge in [-0.05, 0) is 0 Å². The minimum Gasteiger partial charge on any atom is -0.369 e. The van der Waals surface area contributed by atoms with Crippen molar-refractivity contribution in [2.24, 2.45) is 5.73 Å². The molecule has 1 fully saturated rings. The fourth-order valence-corrected chi connectivity index (χ4v) is 2.13. The molecule has 0 saturated carbocycles. The number of carbonyl (C=O) groups excluding carboxylic acids is 4. The molecule has 5 N–H and O–H groups in total. The van der Waals surface area contributed by atoms with E-state index in [1.165, 1.54) is 12.5 Å². The fraction of sp³-hybridized carbons (Fsp3) is 0.600. The van der Waals surface area contributed by atoms with E-state index in [2.05, 4.69) is 0 Å². The van der Waals surface area contributed by atoms with Gasteiger partial charge in [-0.15, -0.1) is 4.65 Å². The Morgan fingerprint density at radius 3 is 2.40 bits per heavy atom. The fourth-order valence-electron chi connectivity index (χ4n) is 2.13. The topological polar surface area (TPSA) is 150 Å². The van der Waals surface area contributed by atoms with Crippen LogP contribution in [0.15, 0.2) is 0 Å². The highest BCUT2D eigenvalue weighted by atomic mass is 16.6. The zero-order chi connectivity index (χ0) is 15.7. The smallest absolute Gasteiger partial charge is 0.369 e. The van der Waals surface area contributed by atoms with Gasteiger partial charge in [-0.3, -0.25) is 19.6 Å². The van der Waals surface area contributed by atoms with E-state index in [4.69, 9.17) is 10.9 Å². The lowest BCUT2D eigenvalue weighted by atomic mass is 10.00. The molecule has 20 heavy (non-hydrogen) atoms. The first-order chi connectivity index (χ1) is 9.12. The second-order valence-electron chi connectivity index (χ2n) is 4.75. The Hall–Kier alpha value is -2.04. The van der Waals surface area contributed by atoms with Crippen LogP contribution < -0.4 is 11.2 Å². The van der Waals surface area contributed by atoms with E-state index in [0.717, 1.165) is 11.9 Å². The molecule has 0 aromatic rings. The van der Waals surface area contributed by atoms with Gasteiger partial charge in [0, 0.05) is 7.05 Å². The number of hydrogen-bond donors (Lipinski definition) is 4. The summed E-state index contributed by atoms with van der Waals surface area (Å²) < 4.78 is -1.37. The average Bonchev–Trinajstić information content (AvgIpc) is 2.37. The zero-order valence-electron chi connectivity index (χ0n) is 11.1. The van der Waals surface area contributed by atoms with Crippen molar-refractivity contribution in [2.45, 2.75) is 24.9 Å². The van der Waals surface area contributed by atoms with Crippen LogP contribution in [-0.2, 0) is 19.2 Å². The number of hydrogen-bond acceptors (Lipinski definition) is 6. The maximum Gasteiger partial charge on any atom is 0.369 e. The highest BCUT2D eigenvalue weighted by molar-refractivity contribution is 5.96. The molecular formula is C10H17N4O6+. The molecule has 1 rings (SSSR count). The lowest BCUT2D eigenvalue weighted by molar-refractivity contribution is -1.04. The van der Waals surface area contributed by atoms with Crippen LogP contribution in [0.1, 0.15) is 12.8 Å². The summed E-state index contributed by atoms with van der Waals surface area (Å²) in [5.74, 6) is -3.25. The van der Waals surface area contributed by atoms with E-state index < -0.39 is 53.2 Å². The van der Waals surface area contributed by atoms with E-state index in [1.54, 1.807) is 0 Å². The third kappa shape index (κ3) is 2.76. The number of rotatable bonds is 4. The van der Waals surface area contributed by atoms with E-state index in [9.17, 15) is 24.4 Å². The van der Waals surface area contributed by atoms with Gasteiger partial charge in [-0.1, -0.05) is 0 Å². The van der Waals surface area contributed by atoms with Crippen LogP contribution in [0.2, 0.25) is 0 Å². The number of nitrogens with two attached hydrogens (primary N) is 1. The van der Waals surface area contributed by atoms with Gasteiger partial charge in [0.25, 0.3) is 5.91 Å². The van der Waals surface area contributed by atoms with Gasteiger partial charge in [-0.25, -0.2) is 15.5 Å². The molecule has 10 nitrogen and oxygen atoms in total. The van der Waals surface area contributed by atoms with Gasteiger partial charge in [-0.2, -0.15) is 0 Å². The van der Waals surface area contributed by atoms with Crippen LogP contribution in [0, 0.1) is 0 Å². The molecule has 0 radical (unpaired) electrons. The average molecular weight is 289 g/mol. The molecule has 3 atom stereocenters. The zero-order valence-corrected chi connectivity index (χ0v) is 11.1. The predicted molar refractivity (Wildman–Crippen MR) is 61.7 cm³/mol. The molecule has 0 bridgehead atoms. The lowest BCUT2D eigenvalue weighted by Crippen LogP contribution is -2.71. The molecule has 0 aromatic carbocycles. The van der Waals surface area contributed by atoms with Gasteiger partial charge >= 0.3 is 5.91 Å². The van der Waals surface area contributed by atoms with Crippen LogP contribution in [0.25, 0.3) is 0 Å². The number of quaternary nitrogens is 1. The third-order valence-corrected chi connectivity index (χ3v) is 3.34. The standard InChI is InChI=1S/C10H16N4O6/c1-13-5(3-8(16)12-19)10(18)14(2,20)6(9(13)17)4-7(11)15/h5-6,20H,3-4H2,1-2H3,(H3-,11,12,15,16,19)/p+1. The Morgan fingerprint density at radius 1 is 1.40 bits per heavy atom. The van der Waals surface area contributed by atoms with Crippen molar-refractivity contribution >= 4 is 23.6 Å². The van der Waals surface area contributed by atoms with Crippen LogP contribution in [0.5, 0.6) is 0 Å². The minimum absolute atomic E-state index is 0.499. The third-order valence-electron chi connectivity index (χ3n) is 3.34. The Morgan fingerprint density at radius 2 is 1.95 bits per heavy atom. The van der Waals surface area contributed by atoms with Crippen molar-refractivity contribution < 1.29 is 34.2 Å². The Bertz CT molecular complexity index is 463. The first-order valence-electron chi connectivity index (χ1n) is 5.74. The SMILES string of the molecule is CN1C(=O)C(CC(N)=O)[N+](C)(O)C(=O)C1CC(=O)NO. The Balaban J connectivity index is 3.08. The van der Waals surface area contributed by atoms with Gasteiger partial charge in [0.15, 0.2) is 6.04 Å². The predicted octanol–water partition coefficient (Wildman–Crippen LogP) is -2.67. The molecule has 0 aromatic heterocycles. The Kier molecular flexibility index (Phi) is 4.43. The maximum atomic E-state index is 12.2. The van der Waals surface area contributed by atoms with E-state index in [-0.39, 0.29) is 0 Å². The van der Waals surface area contributed by atoms with Crippen molar-refractivity contribution in [1.29, 1.82) is 0 Å². The summed E-state index contributed by atoms with van der Waals surface area (Å²) in [6.45, 7) is 0. The number of piperazine rings is 1. The van der Waals surface area contributed by atoms with Gasteiger partial charge in [0.05, 0.1) is 12.8 Å². The number of amides is 4. The molecule has 3 unspecified atom stereocenters. The second kappa shape index (κ2) is 5.53. The molecule has 1 aliphatic rings. The molecule has 4 amide bonds. The lowest BCUT2D eigenvalue weighted by Gasteiger charge is -2.41. The van der Waals surface area contributed by atoms with Crippen molar-refractivity contribution in [2.75, 3.05) is 14.1 Å². The quantitative estimate of drug-likeness (QED) is 0.252. The number of nitrogens with one attached hydrogen (secondary N) is 1. The van der Waals surface area contributed by atoms with Gasteiger partial charge in [0.2, 0.25) is 17.9 Å². The summed E-state index contributed by atoms with van der Waals surface area (Å²) in [6, 6.07) is -2.59. The summed E-state index contributed by atoms with van der Waals surface area (Å²) >= 11 is 0. The molecule has 0 aliphatic carbocycles. The number of hydroxylamine groups is 4. The number of primary amides is 1. The first-order valence-corrected chi connectivity index (χ1v) is 5.74. The van der Waals surface area contributed by atoms with Gasteiger partial charge in [0.1, 0.15) is 7.05 Å². The number of likely N-dealkylation sites (N-methyl/N-ethyl adjacent to an activating group) is 2. The summed E-state index contributed by atoms with van der Waals surface area (Å²) in [5, 5.41) is 18.6. The van der Waals surface area contributed by atoms with Crippen molar-refractivity contribution in [3.63, 3.8) is 0 Å². The minimum atomic E-state index is -1.37. The number of nitrogens with zero attached hydrogens (tertiary/aromatic N) is 2. The molecular weight excluding hydrogens is 272 g/mol. The van der Waals surface area contributed by atoms with Crippen LogP contribution in [0.3, 0.4) is 0 Å². The van der Waals surface area contributed by atoms with E-state index in [1.807, 2.05) is 0 Å². The van der Waals surface area contributed by atoms with Crippen molar-refractivity contribution in [3.8, 4) is 0 Å². The van der Waals surface area contributed by atoms with E-state index in [0.29, 0.717) is 0 Å². The molecule has 10 heteroatoms. The van der Waals surface area contributed by atoms with Crippen LogP contribution >= 0.6 is 0 Å². The van der Waals surface area contributed by atoms with Crippen LogP contribution in [-0.4, -0.2) is 69.8 Å². The molecule has 1 aliphatic heterocycles. The number of carbonyl (C=O) groups is 4. The summed E-state index contributed by atoms with van der Waals surface area (Å²) in [7, 11) is 2.31. The highest BCUT2D eigenvalue weighted by Crippen LogP contribution is 2.25. The van der Waals surface area contributed by atoms with E-state index >= 15 is 0 Å². The Labute approximate surface area is 114 Å². The van der Waals surface area contributed by atoms with Crippen molar-refractivity contribution in [1.82, 2.24) is 10.4 Å². The molecule has 1 heterocycles. The highest BCUT2D eigenvalue weighted by Gasteiger charge is 2.56. The normalized spacial score (nSPS) is 30.3. The molecule has 112 valence electrons. The maximum absolute atomic E-state index is 12.2. The van der Waals surface area contributed by atoms with Crippen molar-refractivity contribution in [3.05, 3.63) is 0 Å². The molecule has 0 spiro atoms.